The zero-order valence-corrected chi connectivity index (χ0v) is 16.9. The smallest absolute Gasteiger partial charge is 0.272 e. The maximum absolute atomic E-state index is 13.0. The van der Waals surface area contributed by atoms with Crippen molar-refractivity contribution >= 4 is 22.8 Å². The first-order valence-corrected chi connectivity index (χ1v) is 9.83. The van der Waals surface area contributed by atoms with E-state index in [9.17, 15) is 9.59 Å². The number of fused-ring (bicyclic) bond motifs is 1. The number of hydrogen-bond acceptors (Lipinski definition) is 7. The highest BCUT2D eigenvalue weighted by molar-refractivity contribution is 6.02. The second kappa shape index (κ2) is 8.57. The van der Waals surface area contributed by atoms with Crippen molar-refractivity contribution in [3.8, 4) is 5.95 Å². The summed E-state index contributed by atoms with van der Waals surface area (Å²) in [5, 5.41) is 9.86. The Labute approximate surface area is 172 Å². The fourth-order valence-electron chi connectivity index (χ4n) is 3.43. The molecule has 1 aliphatic rings. The Morgan fingerprint density at radius 1 is 1.27 bits per heavy atom. The molecule has 3 heterocycles. The number of rotatable bonds is 6. The molecule has 11 heteroatoms. The SMILES string of the molecule is CN(C)C(=O)CO[C@H]1CC[C@H](NC(=O)c2nc(-n3ccnc3)nc3cn[nH]c23)CC1. The van der Waals surface area contributed by atoms with E-state index in [1.54, 1.807) is 43.6 Å². The highest BCUT2D eigenvalue weighted by atomic mass is 16.5. The number of aromatic nitrogens is 6. The van der Waals surface area contributed by atoms with E-state index in [2.05, 4.69) is 30.5 Å². The average molecular weight is 412 g/mol. The molecule has 158 valence electrons. The van der Waals surface area contributed by atoms with E-state index in [-0.39, 0.29) is 36.3 Å². The van der Waals surface area contributed by atoms with Crippen LogP contribution in [0.3, 0.4) is 0 Å². The fraction of sp³-hybridized carbons (Fsp3) is 0.474. The van der Waals surface area contributed by atoms with E-state index in [1.807, 2.05) is 0 Å². The molecule has 4 rings (SSSR count). The lowest BCUT2D eigenvalue weighted by Gasteiger charge is -2.29. The third kappa shape index (κ3) is 4.30. The highest BCUT2D eigenvalue weighted by Crippen LogP contribution is 2.22. The van der Waals surface area contributed by atoms with Crippen LogP contribution in [0.25, 0.3) is 17.0 Å². The van der Waals surface area contributed by atoms with Crippen molar-refractivity contribution < 1.29 is 14.3 Å². The van der Waals surface area contributed by atoms with Crippen molar-refractivity contribution in [3.63, 3.8) is 0 Å². The molecular weight excluding hydrogens is 388 g/mol. The number of hydrogen-bond donors (Lipinski definition) is 2. The van der Waals surface area contributed by atoms with Crippen LogP contribution in [0.1, 0.15) is 36.2 Å². The normalized spacial score (nSPS) is 19.0. The molecule has 0 aromatic carbocycles. The second-order valence-electron chi connectivity index (χ2n) is 7.52. The van der Waals surface area contributed by atoms with Gasteiger partial charge in [0.2, 0.25) is 11.9 Å². The van der Waals surface area contributed by atoms with E-state index < -0.39 is 0 Å². The van der Waals surface area contributed by atoms with Crippen molar-refractivity contribution in [3.05, 3.63) is 30.6 Å². The average Bonchev–Trinajstić information content (AvgIpc) is 3.43. The highest BCUT2D eigenvalue weighted by Gasteiger charge is 2.26. The van der Waals surface area contributed by atoms with Gasteiger partial charge in [-0.3, -0.25) is 19.3 Å². The summed E-state index contributed by atoms with van der Waals surface area (Å²) in [6.45, 7) is 0.0878. The molecule has 11 nitrogen and oxygen atoms in total. The summed E-state index contributed by atoms with van der Waals surface area (Å²) in [5.41, 5.74) is 1.30. The van der Waals surface area contributed by atoms with Crippen LogP contribution >= 0.6 is 0 Å². The summed E-state index contributed by atoms with van der Waals surface area (Å²) >= 11 is 0. The van der Waals surface area contributed by atoms with Crippen molar-refractivity contribution in [2.45, 2.75) is 37.8 Å². The van der Waals surface area contributed by atoms with E-state index >= 15 is 0 Å². The second-order valence-corrected chi connectivity index (χ2v) is 7.52. The Morgan fingerprint density at radius 2 is 2.07 bits per heavy atom. The van der Waals surface area contributed by atoms with Gasteiger partial charge in [-0.25, -0.2) is 15.0 Å². The number of carbonyl (C=O) groups is 2. The lowest BCUT2D eigenvalue weighted by molar-refractivity contribution is -0.136. The maximum atomic E-state index is 13.0. The van der Waals surface area contributed by atoms with Crippen LogP contribution in [-0.2, 0) is 9.53 Å². The number of amides is 2. The minimum Gasteiger partial charge on any atom is -0.368 e. The number of nitrogens with one attached hydrogen (secondary N) is 2. The molecule has 1 fully saturated rings. The lowest BCUT2D eigenvalue weighted by Crippen LogP contribution is -2.40. The minimum atomic E-state index is -0.278. The summed E-state index contributed by atoms with van der Waals surface area (Å²) in [5.74, 6) is 0.0286. The third-order valence-corrected chi connectivity index (χ3v) is 5.19. The molecule has 0 unspecified atom stereocenters. The van der Waals surface area contributed by atoms with Gasteiger partial charge in [0.15, 0.2) is 5.69 Å². The number of carbonyl (C=O) groups excluding carboxylic acids is 2. The number of aromatic amines is 1. The van der Waals surface area contributed by atoms with E-state index in [0.29, 0.717) is 17.0 Å². The monoisotopic (exact) mass is 412 g/mol. The maximum Gasteiger partial charge on any atom is 0.272 e. The molecule has 0 saturated heterocycles. The van der Waals surface area contributed by atoms with Gasteiger partial charge in [0.05, 0.1) is 12.3 Å². The van der Waals surface area contributed by atoms with Crippen LogP contribution in [0.4, 0.5) is 0 Å². The molecular formula is C19H24N8O3. The summed E-state index contributed by atoms with van der Waals surface area (Å²) in [7, 11) is 3.42. The topological polar surface area (TPSA) is 131 Å². The molecule has 0 atom stereocenters. The number of likely N-dealkylation sites (N-methyl/N-ethyl adjacent to an activating group) is 1. The van der Waals surface area contributed by atoms with Crippen LogP contribution in [0.2, 0.25) is 0 Å². The van der Waals surface area contributed by atoms with Gasteiger partial charge in [0, 0.05) is 32.5 Å². The van der Waals surface area contributed by atoms with E-state index in [1.165, 1.54) is 4.90 Å². The molecule has 1 aliphatic carbocycles. The Balaban J connectivity index is 1.40. The predicted molar refractivity (Wildman–Crippen MR) is 107 cm³/mol. The van der Waals surface area contributed by atoms with Crippen molar-refractivity contribution in [2.24, 2.45) is 0 Å². The van der Waals surface area contributed by atoms with Crippen molar-refractivity contribution in [1.82, 2.24) is 39.9 Å². The van der Waals surface area contributed by atoms with Gasteiger partial charge in [-0.15, -0.1) is 0 Å². The summed E-state index contributed by atoms with van der Waals surface area (Å²) in [6, 6.07) is 0.0199. The van der Waals surface area contributed by atoms with Gasteiger partial charge in [-0.2, -0.15) is 5.10 Å². The number of imidazole rings is 1. The minimum absolute atomic E-state index is 0.0199. The van der Waals surface area contributed by atoms with Crippen LogP contribution in [0.5, 0.6) is 0 Å². The third-order valence-electron chi connectivity index (χ3n) is 5.19. The summed E-state index contributed by atoms with van der Waals surface area (Å²) in [4.78, 5) is 39.0. The van der Waals surface area contributed by atoms with Gasteiger partial charge >= 0.3 is 0 Å². The molecule has 0 spiro atoms. The first kappa shape index (κ1) is 20.0. The Kier molecular flexibility index (Phi) is 5.70. The number of ether oxygens (including phenoxy) is 1. The summed E-state index contributed by atoms with van der Waals surface area (Å²) < 4.78 is 7.34. The quantitative estimate of drug-likeness (QED) is 0.609. The van der Waals surface area contributed by atoms with Gasteiger partial charge in [0.1, 0.15) is 24.0 Å². The Morgan fingerprint density at radius 3 is 2.77 bits per heavy atom. The lowest BCUT2D eigenvalue weighted by atomic mass is 9.93. The predicted octanol–water partition coefficient (Wildman–Crippen LogP) is 0.684. The van der Waals surface area contributed by atoms with Crippen molar-refractivity contribution in [2.75, 3.05) is 20.7 Å². The van der Waals surface area contributed by atoms with Gasteiger partial charge in [-0.05, 0) is 25.7 Å². The van der Waals surface area contributed by atoms with Crippen LogP contribution in [0, 0.1) is 0 Å². The molecule has 30 heavy (non-hydrogen) atoms. The molecule has 3 aromatic heterocycles. The number of nitrogens with zero attached hydrogens (tertiary/aromatic N) is 6. The molecule has 1 saturated carbocycles. The van der Waals surface area contributed by atoms with Crippen LogP contribution in [0.15, 0.2) is 24.9 Å². The largest absolute Gasteiger partial charge is 0.368 e. The standard InChI is InChI=1S/C19H24N8O3/c1-26(2)15(28)10-30-13-5-3-12(4-6-13)22-18(29)17-16-14(9-21-25-16)23-19(24-17)27-8-7-20-11-27/h7-9,11-13H,3-6,10H2,1-2H3,(H,21,25)(H,22,29)/t12-,13-. The fourth-order valence-corrected chi connectivity index (χ4v) is 3.43. The Bertz CT molecular complexity index is 1020. The number of H-pyrrole nitrogens is 1. The molecule has 0 radical (unpaired) electrons. The van der Waals surface area contributed by atoms with Crippen molar-refractivity contribution in [1.29, 1.82) is 0 Å². The van der Waals surface area contributed by atoms with Gasteiger partial charge < -0.3 is 15.0 Å². The zero-order valence-electron chi connectivity index (χ0n) is 16.9. The zero-order chi connectivity index (χ0) is 21.1. The first-order valence-electron chi connectivity index (χ1n) is 9.83. The first-order chi connectivity index (χ1) is 14.5. The van der Waals surface area contributed by atoms with E-state index in [0.717, 1.165) is 25.7 Å². The van der Waals surface area contributed by atoms with Crippen LogP contribution in [-0.4, -0.2) is 79.3 Å². The molecule has 2 N–H and O–H groups in total. The molecule has 3 aromatic rings. The van der Waals surface area contributed by atoms with Gasteiger partial charge in [-0.1, -0.05) is 0 Å². The molecule has 2 amide bonds. The molecule has 0 aliphatic heterocycles. The Hall–Kier alpha value is -3.34. The molecule has 0 bridgehead atoms. The van der Waals surface area contributed by atoms with Gasteiger partial charge in [0.25, 0.3) is 5.91 Å². The summed E-state index contributed by atoms with van der Waals surface area (Å²) in [6.07, 6.45) is 9.63. The van der Waals surface area contributed by atoms with Crippen LogP contribution < -0.4 is 5.32 Å². The van der Waals surface area contributed by atoms with E-state index in [4.69, 9.17) is 4.74 Å².